The van der Waals surface area contributed by atoms with E-state index in [1.165, 1.54) is 5.56 Å². The molecule has 84 valence electrons. The maximum absolute atomic E-state index is 11.8. The van der Waals surface area contributed by atoms with Crippen LogP contribution >= 0.6 is 0 Å². The molecule has 0 amide bonds. The Balaban J connectivity index is 2.34. The second-order valence-electron chi connectivity index (χ2n) is 4.63. The maximum Gasteiger partial charge on any atom is 0.136 e. The zero-order chi connectivity index (χ0) is 11.5. The van der Waals surface area contributed by atoms with E-state index in [4.69, 9.17) is 0 Å². The largest absolute Gasteiger partial charge is 0.299 e. The molecule has 1 fully saturated rings. The lowest BCUT2D eigenvalue weighted by Crippen LogP contribution is -2.30. The summed E-state index contributed by atoms with van der Waals surface area (Å²) in [5, 5.41) is 0. The van der Waals surface area contributed by atoms with E-state index in [1.807, 2.05) is 24.3 Å². The Morgan fingerprint density at radius 1 is 1.31 bits per heavy atom. The Morgan fingerprint density at radius 3 is 2.62 bits per heavy atom. The fraction of sp³-hybridized carbons (Fsp3) is 0.400. The molecule has 1 heteroatoms. The lowest BCUT2D eigenvalue weighted by Gasteiger charge is -2.34. The molecule has 0 unspecified atom stereocenters. The Kier molecular flexibility index (Phi) is 3.23. The predicted molar refractivity (Wildman–Crippen MR) is 66.3 cm³/mol. The highest BCUT2D eigenvalue weighted by Gasteiger charge is 2.34. The molecule has 0 spiro atoms. The number of carbonyl (C=O) groups excluding carboxylic acids is 1. The second-order valence-corrected chi connectivity index (χ2v) is 4.63. The Bertz CT molecular complexity index is 378. The molecule has 0 aliphatic heterocycles. The molecular formula is C15H18O. The Labute approximate surface area is 97.2 Å². The number of Topliss-reactive ketones (excluding diaryl/α,β-unsaturated/α-hetero) is 1. The summed E-state index contributed by atoms with van der Waals surface area (Å²) in [5.74, 6) is 1.28. The summed E-state index contributed by atoms with van der Waals surface area (Å²) in [6.45, 7) is 5.96. The van der Waals surface area contributed by atoms with E-state index in [9.17, 15) is 4.79 Å². The van der Waals surface area contributed by atoms with Gasteiger partial charge in [-0.1, -0.05) is 43.3 Å². The highest BCUT2D eigenvalue weighted by molar-refractivity contribution is 5.82. The summed E-state index contributed by atoms with van der Waals surface area (Å²) in [5.41, 5.74) is 1.27. The van der Waals surface area contributed by atoms with Gasteiger partial charge in [0.1, 0.15) is 5.78 Å². The van der Waals surface area contributed by atoms with Gasteiger partial charge in [-0.15, -0.1) is 6.58 Å². The molecule has 0 saturated heterocycles. The SMILES string of the molecule is C=C[C@@H]1CCC(=O)[C@H](C)[C@H]1c1ccccc1. The summed E-state index contributed by atoms with van der Waals surface area (Å²) in [6.07, 6.45) is 3.67. The van der Waals surface area contributed by atoms with E-state index >= 15 is 0 Å². The van der Waals surface area contributed by atoms with Crippen molar-refractivity contribution in [1.29, 1.82) is 0 Å². The molecule has 1 aliphatic rings. The van der Waals surface area contributed by atoms with Crippen molar-refractivity contribution in [2.75, 3.05) is 0 Å². The van der Waals surface area contributed by atoms with Crippen LogP contribution in [0.2, 0.25) is 0 Å². The van der Waals surface area contributed by atoms with Crippen molar-refractivity contribution in [3.05, 3.63) is 48.6 Å². The quantitative estimate of drug-likeness (QED) is 0.688. The van der Waals surface area contributed by atoms with Crippen LogP contribution in [0.3, 0.4) is 0 Å². The van der Waals surface area contributed by atoms with Crippen molar-refractivity contribution < 1.29 is 4.79 Å². The van der Waals surface area contributed by atoms with E-state index in [0.717, 1.165) is 6.42 Å². The fourth-order valence-electron chi connectivity index (χ4n) is 2.76. The molecule has 0 bridgehead atoms. The molecule has 0 heterocycles. The lowest BCUT2D eigenvalue weighted by atomic mass is 9.69. The van der Waals surface area contributed by atoms with E-state index in [0.29, 0.717) is 24.0 Å². The van der Waals surface area contributed by atoms with Crippen LogP contribution in [0.5, 0.6) is 0 Å². The third kappa shape index (κ3) is 1.95. The van der Waals surface area contributed by atoms with E-state index in [-0.39, 0.29) is 5.92 Å². The van der Waals surface area contributed by atoms with Gasteiger partial charge in [0.2, 0.25) is 0 Å². The van der Waals surface area contributed by atoms with Crippen molar-refractivity contribution in [2.24, 2.45) is 11.8 Å². The minimum Gasteiger partial charge on any atom is -0.299 e. The molecule has 1 aromatic carbocycles. The van der Waals surface area contributed by atoms with Crippen LogP contribution in [-0.2, 0) is 4.79 Å². The van der Waals surface area contributed by atoms with Crippen LogP contribution in [0, 0.1) is 11.8 Å². The molecule has 1 nitrogen and oxygen atoms in total. The van der Waals surface area contributed by atoms with Crippen molar-refractivity contribution >= 4 is 5.78 Å². The summed E-state index contributed by atoms with van der Waals surface area (Å²) in [4.78, 5) is 11.8. The standard InChI is InChI=1S/C15H18O/c1-3-12-9-10-14(16)11(2)15(12)13-7-5-4-6-8-13/h3-8,11-12,15H,1,9-10H2,2H3/t11-,12+,15+/m0/s1. The molecule has 0 N–H and O–H groups in total. The molecule has 1 aliphatic carbocycles. The van der Waals surface area contributed by atoms with Gasteiger partial charge < -0.3 is 0 Å². The summed E-state index contributed by atoms with van der Waals surface area (Å²) >= 11 is 0. The molecule has 1 aromatic rings. The average molecular weight is 214 g/mol. The van der Waals surface area contributed by atoms with Gasteiger partial charge in [-0.3, -0.25) is 4.79 Å². The van der Waals surface area contributed by atoms with Gasteiger partial charge in [0.05, 0.1) is 0 Å². The zero-order valence-corrected chi connectivity index (χ0v) is 9.73. The Morgan fingerprint density at radius 2 is 2.00 bits per heavy atom. The number of rotatable bonds is 2. The van der Waals surface area contributed by atoms with Crippen molar-refractivity contribution in [1.82, 2.24) is 0 Å². The highest BCUT2D eigenvalue weighted by Crippen LogP contribution is 2.40. The van der Waals surface area contributed by atoms with Gasteiger partial charge in [0, 0.05) is 12.3 Å². The van der Waals surface area contributed by atoms with Crippen LogP contribution in [0.25, 0.3) is 0 Å². The zero-order valence-electron chi connectivity index (χ0n) is 9.73. The van der Waals surface area contributed by atoms with Crippen molar-refractivity contribution in [2.45, 2.75) is 25.7 Å². The molecule has 0 aromatic heterocycles. The average Bonchev–Trinajstić information content (AvgIpc) is 2.33. The van der Waals surface area contributed by atoms with Crippen LogP contribution in [0.4, 0.5) is 0 Å². The number of hydrogen-bond acceptors (Lipinski definition) is 1. The third-order valence-corrected chi connectivity index (χ3v) is 3.72. The molecule has 1 saturated carbocycles. The second kappa shape index (κ2) is 4.65. The first kappa shape index (κ1) is 11.1. The van der Waals surface area contributed by atoms with Gasteiger partial charge in [0.15, 0.2) is 0 Å². The molecular weight excluding hydrogens is 196 g/mol. The normalized spacial score (nSPS) is 30.1. The smallest absolute Gasteiger partial charge is 0.136 e. The molecule has 3 atom stereocenters. The summed E-state index contributed by atoms with van der Waals surface area (Å²) in [6, 6.07) is 10.3. The summed E-state index contributed by atoms with van der Waals surface area (Å²) in [7, 11) is 0. The first-order valence-electron chi connectivity index (χ1n) is 5.94. The van der Waals surface area contributed by atoms with Crippen molar-refractivity contribution in [3.63, 3.8) is 0 Å². The monoisotopic (exact) mass is 214 g/mol. The van der Waals surface area contributed by atoms with Crippen molar-refractivity contribution in [3.8, 4) is 0 Å². The highest BCUT2D eigenvalue weighted by atomic mass is 16.1. The first-order chi connectivity index (χ1) is 7.74. The lowest BCUT2D eigenvalue weighted by molar-refractivity contribution is -0.125. The van der Waals surface area contributed by atoms with Gasteiger partial charge >= 0.3 is 0 Å². The van der Waals surface area contributed by atoms with Crippen LogP contribution < -0.4 is 0 Å². The van der Waals surface area contributed by atoms with Gasteiger partial charge in [-0.2, -0.15) is 0 Å². The Hall–Kier alpha value is -1.37. The van der Waals surface area contributed by atoms with Crippen LogP contribution in [0.1, 0.15) is 31.2 Å². The molecule has 0 radical (unpaired) electrons. The third-order valence-electron chi connectivity index (χ3n) is 3.72. The topological polar surface area (TPSA) is 17.1 Å². The minimum absolute atomic E-state index is 0.124. The van der Waals surface area contributed by atoms with E-state index in [1.54, 1.807) is 0 Å². The number of benzene rings is 1. The van der Waals surface area contributed by atoms with Gasteiger partial charge in [0.25, 0.3) is 0 Å². The number of hydrogen-bond donors (Lipinski definition) is 0. The molecule has 2 rings (SSSR count). The number of allylic oxidation sites excluding steroid dienone is 1. The van der Waals surface area contributed by atoms with Gasteiger partial charge in [-0.05, 0) is 23.8 Å². The number of carbonyl (C=O) groups is 1. The predicted octanol–water partition coefficient (Wildman–Crippen LogP) is 3.57. The van der Waals surface area contributed by atoms with Gasteiger partial charge in [-0.25, -0.2) is 0 Å². The fourth-order valence-corrected chi connectivity index (χ4v) is 2.76. The van der Waals surface area contributed by atoms with E-state index < -0.39 is 0 Å². The first-order valence-corrected chi connectivity index (χ1v) is 5.94. The minimum atomic E-state index is 0.124. The van der Waals surface area contributed by atoms with Crippen LogP contribution in [-0.4, -0.2) is 5.78 Å². The van der Waals surface area contributed by atoms with Crippen LogP contribution in [0.15, 0.2) is 43.0 Å². The van der Waals surface area contributed by atoms with E-state index in [2.05, 4.69) is 25.6 Å². The molecule has 16 heavy (non-hydrogen) atoms. The summed E-state index contributed by atoms with van der Waals surface area (Å²) < 4.78 is 0. The number of ketones is 1. The maximum atomic E-state index is 11.8.